The zero-order valence-corrected chi connectivity index (χ0v) is 16.5. The van der Waals surface area contributed by atoms with Gasteiger partial charge >= 0.3 is 0 Å². The third kappa shape index (κ3) is 4.60. The molecule has 4 rings (SSSR count). The second-order valence-corrected chi connectivity index (χ2v) is 6.79. The van der Waals surface area contributed by atoms with Crippen LogP contribution in [-0.4, -0.2) is 28.6 Å². The topological polar surface area (TPSA) is 72.0 Å². The molecule has 2 aromatic carbocycles. The lowest BCUT2D eigenvalue weighted by molar-refractivity contribution is 0.414. The molecule has 0 bridgehead atoms. The Kier molecular flexibility index (Phi) is 5.52. The van der Waals surface area contributed by atoms with Crippen LogP contribution in [0.3, 0.4) is 0 Å². The maximum absolute atomic E-state index is 5.20. The molecule has 2 heterocycles. The van der Waals surface area contributed by atoms with Crippen LogP contribution in [0, 0.1) is 6.92 Å². The second-order valence-electron chi connectivity index (χ2n) is 6.79. The van der Waals surface area contributed by atoms with E-state index in [0.29, 0.717) is 5.95 Å². The van der Waals surface area contributed by atoms with Crippen molar-refractivity contribution in [3.63, 3.8) is 0 Å². The molecule has 29 heavy (non-hydrogen) atoms. The summed E-state index contributed by atoms with van der Waals surface area (Å²) in [6.07, 6.45) is 4.52. The molecule has 0 amide bonds. The summed E-state index contributed by atoms with van der Waals surface area (Å²) in [7, 11) is 1.68. The molecule has 0 aliphatic rings. The van der Waals surface area contributed by atoms with Crippen molar-refractivity contribution in [1.82, 2.24) is 15.0 Å². The fourth-order valence-corrected chi connectivity index (χ4v) is 3.08. The smallest absolute Gasteiger partial charge is 0.229 e. The monoisotopic (exact) mass is 385 g/mol. The van der Waals surface area contributed by atoms with Gasteiger partial charge in [0.05, 0.1) is 12.6 Å². The molecule has 2 aromatic heterocycles. The van der Waals surface area contributed by atoms with E-state index in [-0.39, 0.29) is 0 Å². The van der Waals surface area contributed by atoms with Crippen molar-refractivity contribution in [2.45, 2.75) is 13.3 Å². The van der Waals surface area contributed by atoms with Gasteiger partial charge in [0.1, 0.15) is 11.6 Å². The predicted octanol–water partition coefficient (Wildman–Crippen LogP) is 4.74. The van der Waals surface area contributed by atoms with E-state index in [2.05, 4.69) is 37.7 Å². The third-order valence-electron chi connectivity index (χ3n) is 4.70. The Morgan fingerprint density at radius 3 is 2.69 bits per heavy atom. The molecule has 0 spiro atoms. The summed E-state index contributed by atoms with van der Waals surface area (Å²) in [5.74, 6) is 2.26. The Hall–Kier alpha value is -3.67. The minimum Gasteiger partial charge on any atom is -0.497 e. The number of benzene rings is 2. The van der Waals surface area contributed by atoms with Gasteiger partial charge in [0.2, 0.25) is 5.95 Å². The largest absolute Gasteiger partial charge is 0.497 e. The normalized spacial score (nSPS) is 10.7. The van der Waals surface area contributed by atoms with Crippen molar-refractivity contribution in [1.29, 1.82) is 0 Å². The Bertz CT molecular complexity index is 1110. The van der Waals surface area contributed by atoms with Crippen LogP contribution in [0.25, 0.3) is 10.9 Å². The Balaban J connectivity index is 1.42. The summed E-state index contributed by atoms with van der Waals surface area (Å²) in [6.45, 7) is 2.78. The molecule has 0 aliphatic carbocycles. The minimum atomic E-state index is 0.561. The van der Waals surface area contributed by atoms with E-state index >= 15 is 0 Å². The number of aromatic nitrogens is 3. The highest BCUT2D eigenvalue weighted by molar-refractivity contribution is 5.82. The summed E-state index contributed by atoms with van der Waals surface area (Å²) in [4.78, 5) is 13.4. The van der Waals surface area contributed by atoms with Crippen LogP contribution >= 0.6 is 0 Å². The molecule has 0 unspecified atom stereocenters. The van der Waals surface area contributed by atoms with E-state index in [4.69, 9.17) is 4.74 Å². The van der Waals surface area contributed by atoms with Crippen molar-refractivity contribution < 1.29 is 4.74 Å². The van der Waals surface area contributed by atoms with Crippen molar-refractivity contribution in [3.8, 4) is 5.75 Å². The first kappa shape index (κ1) is 18.7. The van der Waals surface area contributed by atoms with E-state index < -0.39 is 0 Å². The highest BCUT2D eigenvalue weighted by Crippen LogP contribution is 2.21. The van der Waals surface area contributed by atoms with E-state index in [9.17, 15) is 0 Å². The van der Waals surface area contributed by atoms with Gasteiger partial charge in [0.25, 0.3) is 0 Å². The van der Waals surface area contributed by atoms with Crippen molar-refractivity contribution in [2.75, 3.05) is 24.3 Å². The van der Waals surface area contributed by atoms with Gasteiger partial charge in [-0.3, -0.25) is 4.98 Å². The molecule has 146 valence electrons. The van der Waals surface area contributed by atoms with Crippen LogP contribution in [0.2, 0.25) is 0 Å². The van der Waals surface area contributed by atoms with Crippen molar-refractivity contribution in [2.24, 2.45) is 0 Å². The van der Waals surface area contributed by atoms with Crippen LogP contribution < -0.4 is 15.4 Å². The second kappa shape index (κ2) is 8.56. The zero-order chi connectivity index (χ0) is 20.1. The van der Waals surface area contributed by atoms with Gasteiger partial charge in [-0.2, -0.15) is 4.98 Å². The number of fused-ring (bicyclic) bond motifs is 1. The molecule has 0 aliphatic heterocycles. The number of nitrogens with one attached hydrogen (secondary N) is 2. The Labute approximate surface area is 170 Å². The summed E-state index contributed by atoms with van der Waals surface area (Å²) >= 11 is 0. The van der Waals surface area contributed by atoms with Gasteiger partial charge in [-0.05, 0) is 55.3 Å². The number of rotatable bonds is 7. The highest BCUT2D eigenvalue weighted by atomic mass is 16.5. The highest BCUT2D eigenvalue weighted by Gasteiger charge is 2.05. The predicted molar refractivity (Wildman–Crippen MR) is 117 cm³/mol. The maximum atomic E-state index is 5.20. The zero-order valence-electron chi connectivity index (χ0n) is 16.5. The molecular formula is C23H23N5O. The third-order valence-corrected chi connectivity index (χ3v) is 4.70. The average Bonchev–Trinajstić information content (AvgIpc) is 2.76. The average molecular weight is 385 g/mol. The summed E-state index contributed by atoms with van der Waals surface area (Å²) in [5.41, 5.74) is 4.14. The van der Waals surface area contributed by atoms with E-state index in [1.165, 1.54) is 5.56 Å². The molecule has 2 N–H and O–H groups in total. The molecule has 6 nitrogen and oxygen atoms in total. The molecule has 0 atom stereocenters. The number of nitrogens with zero attached hydrogens (tertiary/aromatic N) is 3. The summed E-state index contributed by atoms with van der Waals surface area (Å²) in [5, 5.41) is 7.77. The van der Waals surface area contributed by atoms with Crippen LogP contribution in [0.5, 0.6) is 5.75 Å². The quantitative estimate of drug-likeness (QED) is 0.479. The molecule has 0 saturated carbocycles. The molecule has 0 radical (unpaired) electrons. The number of ether oxygens (including phenoxy) is 1. The van der Waals surface area contributed by atoms with Crippen LogP contribution in [0.4, 0.5) is 17.5 Å². The molecule has 0 fully saturated rings. The number of aryl methyl sites for hydroxylation is 1. The van der Waals surface area contributed by atoms with Gasteiger partial charge in [0.15, 0.2) is 0 Å². The Morgan fingerprint density at radius 1 is 1.00 bits per heavy atom. The standard InChI is InChI=1S/C23H23N5O/c1-16-15-26-23(27-19-7-10-21-18(14-19)4-3-12-24-21)28-22(16)25-13-11-17-5-8-20(29-2)9-6-17/h3-10,12,14-15H,11,13H2,1-2H3,(H2,25,26,27,28). The number of hydrogen-bond acceptors (Lipinski definition) is 6. The number of anilines is 3. The fourth-order valence-electron chi connectivity index (χ4n) is 3.08. The summed E-state index contributed by atoms with van der Waals surface area (Å²) < 4.78 is 5.20. The van der Waals surface area contributed by atoms with E-state index in [0.717, 1.165) is 46.7 Å². The number of hydrogen-bond donors (Lipinski definition) is 2. The van der Waals surface area contributed by atoms with Crippen molar-refractivity contribution >= 4 is 28.4 Å². The SMILES string of the molecule is COc1ccc(CCNc2nc(Nc3ccc4ncccc4c3)ncc2C)cc1. The van der Waals surface area contributed by atoms with Gasteiger partial charge < -0.3 is 15.4 Å². The number of pyridine rings is 1. The Morgan fingerprint density at radius 2 is 1.86 bits per heavy atom. The van der Waals surface area contributed by atoms with Crippen LogP contribution in [-0.2, 0) is 6.42 Å². The molecule has 6 heteroatoms. The summed E-state index contributed by atoms with van der Waals surface area (Å²) in [6, 6.07) is 18.1. The lowest BCUT2D eigenvalue weighted by Gasteiger charge is -2.11. The van der Waals surface area contributed by atoms with Gasteiger partial charge in [-0.25, -0.2) is 4.98 Å². The van der Waals surface area contributed by atoms with Crippen LogP contribution in [0.15, 0.2) is 67.0 Å². The van der Waals surface area contributed by atoms with Crippen molar-refractivity contribution in [3.05, 3.63) is 78.1 Å². The molecule has 0 saturated heterocycles. The fraction of sp³-hybridized carbons (Fsp3) is 0.174. The van der Waals surface area contributed by atoms with E-state index in [1.54, 1.807) is 13.3 Å². The van der Waals surface area contributed by atoms with Crippen LogP contribution in [0.1, 0.15) is 11.1 Å². The van der Waals surface area contributed by atoms with E-state index in [1.807, 2.05) is 55.6 Å². The lowest BCUT2D eigenvalue weighted by atomic mass is 10.1. The van der Waals surface area contributed by atoms with Gasteiger partial charge in [0, 0.05) is 35.6 Å². The molecular weight excluding hydrogens is 362 g/mol. The number of methoxy groups -OCH3 is 1. The first-order valence-electron chi connectivity index (χ1n) is 9.53. The first-order valence-corrected chi connectivity index (χ1v) is 9.53. The maximum Gasteiger partial charge on any atom is 0.229 e. The van der Waals surface area contributed by atoms with Gasteiger partial charge in [-0.1, -0.05) is 18.2 Å². The lowest BCUT2D eigenvalue weighted by Crippen LogP contribution is -2.09. The molecule has 4 aromatic rings. The van der Waals surface area contributed by atoms with Gasteiger partial charge in [-0.15, -0.1) is 0 Å². The first-order chi connectivity index (χ1) is 14.2. The minimum absolute atomic E-state index is 0.561.